The summed E-state index contributed by atoms with van der Waals surface area (Å²) < 4.78 is 16.1. The first-order valence-corrected chi connectivity index (χ1v) is 10.9. The summed E-state index contributed by atoms with van der Waals surface area (Å²) in [7, 11) is 1.50. The Morgan fingerprint density at radius 2 is 1.66 bits per heavy atom. The standard InChI is InChI=1S/C25H25NO5S/c1-17(2)31-21-14-13-18(15-22(21)29-3)25(28)30-16-24(27)26-20-11-7-8-12-23(20)32-19-9-5-4-6-10-19/h4-15,17H,16H2,1-3H3,(H,26,27). The van der Waals surface area contributed by atoms with E-state index < -0.39 is 18.5 Å². The van der Waals surface area contributed by atoms with Crippen molar-refractivity contribution in [2.45, 2.75) is 29.7 Å². The minimum atomic E-state index is -0.624. The van der Waals surface area contributed by atoms with Gasteiger partial charge in [-0.3, -0.25) is 4.79 Å². The van der Waals surface area contributed by atoms with Gasteiger partial charge in [0.2, 0.25) is 0 Å². The van der Waals surface area contributed by atoms with Gasteiger partial charge in [0, 0.05) is 9.79 Å². The van der Waals surface area contributed by atoms with Crippen LogP contribution in [-0.4, -0.2) is 31.7 Å². The third-order valence-electron chi connectivity index (χ3n) is 4.23. The van der Waals surface area contributed by atoms with Crippen molar-refractivity contribution in [1.82, 2.24) is 0 Å². The Kier molecular flexibility index (Phi) is 8.16. The van der Waals surface area contributed by atoms with Crippen LogP contribution in [0.4, 0.5) is 5.69 Å². The monoisotopic (exact) mass is 451 g/mol. The van der Waals surface area contributed by atoms with Crippen LogP contribution in [0.3, 0.4) is 0 Å². The highest BCUT2D eigenvalue weighted by molar-refractivity contribution is 7.99. The maximum absolute atomic E-state index is 12.4. The van der Waals surface area contributed by atoms with Crippen molar-refractivity contribution in [1.29, 1.82) is 0 Å². The van der Waals surface area contributed by atoms with Gasteiger partial charge < -0.3 is 19.5 Å². The molecule has 166 valence electrons. The number of hydrogen-bond donors (Lipinski definition) is 1. The summed E-state index contributed by atoms with van der Waals surface area (Å²) >= 11 is 1.54. The molecule has 0 unspecified atom stereocenters. The van der Waals surface area contributed by atoms with Crippen LogP contribution in [0, 0.1) is 0 Å². The molecule has 0 saturated carbocycles. The van der Waals surface area contributed by atoms with Crippen LogP contribution in [0.15, 0.2) is 82.6 Å². The Morgan fingerprint density at radius 1 is 0.938 bits per heavy atom. The van der Waals surface area contributed by atoms with E-state index in [-0.39, 0.29) is 11.7 Å². The van der Waals surface area contributed by atoms with Gasteiger partial charge >= 0.3 is 5.97 Å². The summed E-state index contributed by atoms with van der Waals surface area (Å²) in [6.07, 6.45) is -0.0340. The number of esters is 1. The van der Waals surface area contributed by atoms with Gasteiger partial charge in [-0.25, -0.2) is 4.79 Å². The highest BCUT2D eigenvalue weighted by atomic mass is 32.2. The number of anilines is 1. The molecule has 0 spiro atoms. The Balaban J connectivity index is 1.60. The average molecular weight is 452 g/mol. The van der Waals surface area contributed by atoms with Gasteiger partial charge in [0.25, 0.3) is 5.91 Å². The molecule has 32 heavy (non-hydrogen) atoms. The maximum atomic E-state index is 12.4. The predicted molar refractivity (Wildman–Crippen MR) is 125 cm³/mol. The van der Waals surface area contributed by atoms with E-state index in [4.69, 9.17) is 14.2 Å². The number of ether oxygens (including phenoxy) is 3. The molecule has 7 heteroatoms. The molecule has 0 aliphatic heterocycles. The van der Waals surface area contributed by atoms with Crippen LogP contribution in [0.25, 0.3) is 0 Å². The molecule has 0 aliphatic carbocycles. The molecule has 0 fully saturated rings. The Hall–Kier alpha value is -3.45. The first-order valence-electron chi connectivity index (χ1n) is 10.1. The molecule has 3 aromatic rings. The largest absolute Gasteiger partial charge is 0.493 e. The van der Waals surface area contributed by atoms with Crippen molar-refractivity contribution in [3.8, 4) is 11.5 Å². The molecular formula is C25H25NO5S. The number of hydrogen-bond acceptors (Lipinski definition) is 6. The molecule has 6 nitrogen and oxygen atoms in total. The number of nitrogens with one attached hydrogen (secondary N) is 1. The van der Waals surface area contributed by atoms with E-state index in [2.05, 4.69) is 5.32 Å². The minimum Gasteiger partial charge on any atom is -0.493 e. The van der Waals surface area contributed by atoms with Crippen molar-refractivity contribution in [3.63, 3.8) is 0 Å². The van der Waals surface area contributed by atoms with E-state index in [9.17, 15) is 9.59 Å². The molecule has 0 aromatic heterocycles. The molecule has 0 saturated heterocycles. The van der Waals surface area contributed by atoms with Gasteiger partial charge in [0.05, 0.1) is 24.5 Å². The Labute approximate surface area is 191 Å². The maximum Gasteiger partial charge on any atom is 0.338 e. The molecule has 0 heterocycles. The van der Waals surface area contributed by atoms with Crippen molar-refractivity contribution >= 4 is 29.3 Å². The zero-order valence-corrected chi connectivity index (χ0v) is 19.0. The fourth-order valence-electron chi connectivity index (χ4n) is 2.82. The van der Waals surface area contributed by atoms with E-state index >= 15 is 0 Å². The third-order valence-corrected chi connectivity index (χ3v) is 5.31. The van der Waals surface area contributed by atoms with E-state index in [1.54, 1.807) is 12.1 Å². The van der Waals surface area contributed by atoms with E-state index in [0.29, 0.717) is 17.2 Å². The summed E-state index contributed by atoms with van der Waals surface area (Å²) in [5.74, 6) is -0.0959. The number of benzene rings is 3. The summed E-state index contributed by atoms with van der Waals surface area (Å²) in [6, 6.07) is 22.1. The molecule has 0 radical (unpaired) electrons. The van der Waals surface area contributed by atoms with Crippen LogP contribution >= 0.6 is 11.8 Å². The Morgan fingerprint density at radius 3 is 2.38 bits per heavy atom. The molecular weight excluding hydrogens is 426 g/mol. The summed E-state index contributed by atoms with van der Waals surface area (Å²) in [6.45, 7) is 3.39. The number of para-hydroxylation sites is 1. The van der Waals surface area contributed by atoms with Gasteiger partial charge in [-0.05, 0) is 56.3 Å². The molecule has 3 aromatic carbocycles. The van der Waals surface area contributed by atoms with Gasteiger partial charge in [0.1, 0.15) is 0 Å². The normalized spacial score (nSPS) is 10.5. The molecule has 0 atom stereocenters. The first kappa shape index (κ1) is 23.2. The van der Waals surface area contributed by atoms with Crippen LogP contribution < -0.4 is 14.8 Å². The van der Waals surface area contributed by atoms with Crippen LogP contribution in [0.1, 0.15) is 24.2 Å². The second-order valence-corrected chi connectivity index (χ2v) is 8.18. The zero-order valence-electron chi connectivity index (χ0n) is 18.2. The third kappa shape index (κ3) is 6.52. The number of amides is 1. The smallest absolute Gasteiger partial charge is 0.338 e. The molecule has 1 N–H and O–H groups in total. The lowest BCUT2D eigenvalue weighted by Gasteiger charge is -2.14. The van der Waals surface area contributed by atoms with E-state index in [1.807, 2.05) is 68.4 Å². The van der Waals surface area contributed by atoms with Crippen molar-refractivity contribution < 1.29 is 23.8 Å². The molecule has 0 bridgehead atoms. The van der Waals surface area contributed by atoms with Crippen LogP contribution in [-0.2, 0) is 9.53 Å². The summed E-state index contributed by atoms with van der Waals surface area (Å²) in [5, 5.41) is 2.81. The van der Waals surface area contributed by atoms with Crippen LogP contribution in [0.2, 0.25) is 0 Å². The fourth-order valence-corrected chi connectivity index (χ4v) is 3.74. The average Bonchev–Trinajstić information content (AvgIpc) is 2.79. The van der Waals surface area contributed by atoms with Crippen molar-refractivity contribution in [2.75, 3.05) is 19.0 Å². The lowest BCUT2D eigenvalue weighted by atomic mass is 10.2. The van der Waals surface area contributed by atoms with Crippen LogP contribution in [0.5, 0.6) is 11.5 Å². The quantitative estimate of drug-likeness (QED) is 0.438. The zero-order chi connectivity index (χ0) is 22.9. The predicted octanol–water partition coefficient (Wildman–Crippen LogP) is 5.43. The highest BCUT2D eigenvalue weighted by Gasteiger charge is 2.15. The Bertz CT molecular complexity index is 1070. The minimum absolute atomic E-state index is 0.0340. The van der Waals surface area contributed by atoms with E-state index in [1.165, 1.54) is 24.9 Å². The lowest BCUT2D eigenvalue weighted by Crippen LogP contribution is -2.21. The molecule has 3 rings (SSSR count). The lowest BCUT2D eigenvalue weighted by molar-refractivity contribution is -0.119. The number of carbonyl (C=O) groups is 2. The van der Waals surface area contributed by atoms with Gasteiger partial charge in [-0.2, -0.15) is 0 Å². The second kappa shape index (κ2) is 11.2. The SMILES string of the molecule is COc1cc(C(=O)OCC(=O)Nc2ccccc2Sc2ccccc2)ccc1OC(C)C. The molecule has 0 aliphatic rings. The first-order chi connectivity index (χ1) is 15.5. The number of methoxy groups -OCH3 is 1. The number of rotatable bonds is 9. The van der Waals surface area contributed by atoms with Gasteiger partial charge in [-0.1, -0.05) is 42.1 Å². The topological polar surface area (TPSA) is 73.9 Å². The molecule has 1 amide bonds. The second-order valence-electron chi connectivity index (χ2n) is 7.07. The van der Waals surface area contributed by atoms with Crippen molar-refractivity contribution in [3.05, 3.63) is 78.4 Å². The number of carbonyl (C=O) groups excluding carboxylic acids is 2. The fraction of sp³-hybridized carbons (Fsp3) is 0.200. The summed E-state index contributed by atoms with van der Waals surface area (Å²) in [5.41, 5.74) is 0.921. The summed E-state index contributed by atoms with van der Waals surface area (Å²) in [4.78, 5) is 26.8. The van der Waals surface area contributed by atoms with Gasteiger partial charge in [0.15, 0.2) is 18.1 Å². The van der Waals surface area contributed by atoms with E-state index in [0.717, 1.165) is 9.79 Å². The van der Waals surface area contributed by atoms with Gasteiger partial charge in [-0.15, -0.1) is 0 Å². The van der Waals surface area contributed by atoms with Crippen molar-refractivity contribution in [2.24, 2.45) is 0 Å². The highest BCUT2D eigenvalue weighted by Crippen LogP contribution is 2.33.